The minimum Gasteiger partial charge on any atom is -0.372 e. The lowest BCUT2D eigenvalue weighted by atomic mass is 10.1. The summed E-state index contributed by atoms with van der Waals surface area (Å²) in [5.74, 6) is 0.779. The van der Waals surface area contributed by atoms with Gasteiger partial charge >= 0.3 is 0 Å². The van der Waals surface area contributed by atoms with Crippen molar-refractivity contribution in [2.45, 2.75) is 32.3 Å². The standard InChI is InChI=1S/C15H22ClNO/c1-2-9-17-10-15(18-11-12-7-8-12)13-5-3-4-6-14(13)16/h3-6,12,15,17H,2,7-11H2,1H3. The highest BCUT2D eigenvalue weighted by molar-refractivity contribution is 6.31. The van der Waals surface area contributed by atoms with Gasteiger partial charge in [-0.05, 0) is 37.8 Å². The first-order valence-electron chi connectivity index (χ1n) is 6.88. The zero-order valence-electron chi connectivity index (χ0n) is 11.0. The fraction of sp³-hybridized carbons (Fsp3) is 0.600. The lowest BCUT2D eigenvalue weighted by molar-refractivity contribution is 0.0454. The van der Waals surface area contributed by atoms with Gasteiger partial charge in [-0.3, -0.25) is 0 Å². The Labute approximate surface area is 115 Å². The van der Waals surface area contributed by atoms with Gasteiger partial charge in [0.25, 0.3) is 0 Å². The molecule has 1 aliphatic rings. The molecule has 0 heterocycles. The third-order valence-electron chi connectivity index (χ3n) is 3.24. The van der Waals surface area contributed by atoms with Crippen molar-refractivity contribution in [3.05, 3.63) is 34.9 Å². The van der Waals surface area contributed by atoms with E-state index < -0.39 is 0 Å². The van der Waals surface area contributed by atoms with Crippen LogP contribution in [0.4, 0.5) is 0 Å². The summed E-state index contributed by atoms with van der Waals surface area (Å²) in [6.45, 7) is 4.89. The van der Waals surface area contributed by atoms with Gasteiger partial charge in [0, 0.05) is 17.1 Å². The molecule has 3 heteroatoms. The molecular weight excluding hydrogens is 246 g/mol. The molecule has 0 aromatic heterocycles. The van der Waals surface area contributed by atoms with Crippen LogP contribution in [0.5, 0.6) is 0 Å². The van der Waals surface area contributed by atoms with Crippen molar-refractivity contribution in [1.82, 2.24) is 5.32 Å². The van der Waals surface area contributed by atoms with Crippen LogP contribution in [0.25, 0.3) is 0 Å². The van der Waals surface area contributed by atoms with E-state index in [2.05, 4.69) is 18.3 Å². The predicted octanol–water partition coefficient (Wildman–Crippen LogP) is 3.81. The fourth-order valence-corrected chi connectivity index (χ4v) is 2.20. The summed E-state index contributed by atoms with van der Waals surface area (Å²) in [5, 5.41) is 4.22. The molecule has 1 saturated carbocycles. The highest BCUT2D eigenvalue weighted by Gasteiger charge is 2.24. The van der Waals surface area contributed by atoms with Gasteiger partial charge in [-0.15, -0.1) is 0 Å². The van der Waals surface area contributed by atoms with Crippen LogP contribution in [-0.4, -0.2) is 19.7 Å². The van der Waals surface area contributed by atoms with Gasteiger partial charge in [0.05, 0.1) is 12.7 Å². The molecule has 0 saturated heterocycles. The quantitative estimate of drug-likeness (QED) is 0.724. The summed E-state index contributed by atoms with van der Waals surface area (Å²) in [5.41, 5.74) is 1.10. The number of benzene rings is 1. The van der Waals surface area contributed by atoms with Gasteiger partial charge in [-0.25, -0.2) is 0 Å². The van der Waals surface area contributed by atoms with Gasteiger partial charge in [-0.2, -0.15) is 0 Å². The zero-order valence-corrected chi connectivity index (χ0v) is 11.7. The van der Waals surface area contributed by atoms with Crippen molar-refractivity contribution in [3.8, 4) is 0 Å². The summed E-state index contributed by atoms with van der Waals surface area (Å²) in [7, 11) is 0. The summed E-state index contributed by atoms with van der Waals surface area (Å²) >= 11 is 6.25. The molecule has 1 N–H and O–H groups in total. The Balaban J connectivity index is 1.95. The molecule has 1 aliphatic carbocycles. The van der Waals surface area contributed by atoms with Crippen LogP contribution in [0.1, 0.15) is 37.9 Å². The Morgan fingerprint density at radius 1 is 1.39 bits per heavy atom. The first-order chi connectivity index (χ1) is 8.81. The molecule has 0 spiro atoms. The van der Waals surface area contributed by atoms with Crippen LogP contribution >= 0.6 is 11.6 Å². The van der Waals surface area contributed by atoms with E-state index in [9.17, 15) is 0 Å². The minimum atomic E-state index is 0.0749. The second-order valence-electron chi connectivity index (χ2n) is 4.99. The number of ether oxygens (including phenoxy) is 1. The molecule has 100 valence electrons. The molecular formula is C15H22ClNO. The van der Waals surface area contributed by atoms with Crippen molar-refractivity contribution in [3.63, 3.8) is 0 Å². The van der Waals surface area contributed by atoms with Crippen molar-refractivity contribution in [1.29, 1.82) is 0 Å². The van der Waals surface area contributed by atoms with E-state index in [1.165, 1.54) is 12.8 Å². The number of hydrogen-bond acceptors (Lipinski definition) is 2. The molecule has 0 radical (unpaired) electrons. The maximum atomic E-state index is 6.25. The molecule has 1 atom stereocenters. The van der Waals surface area contributed by atoms with Crippen LogP contribution in [0.2, 0.25) is 5.02 Å². The number of halogens is 1. The van der Waals surface area contributed by atoms with Gasteiger partial charge in [-0.1, -0.05) is 36.7 Å². The predicted molar refractivity (Wildman–Crippen MR) is 76.0 cm³/mol. The van der Waals surface area contributed by atoms with Crippen LogP contribution in [0.15, 0.2) is 24.3 Å². The number of nitrogens with one attached hydrogen (secondary N) is 1. The summed E-state index contributed by atoms with van der Waals surface area (Å²) in [4.78, 5) is 0. The first-order valence-corrected chi connectivity index (χ1v) is 7.25. The van der Waals surface area contributed by atoms with Crippen LogP contribution < -0.4 is 5.32 Å². The monoisotopic (exact) mass is 267 g/mol. The molecule has 18 heavy (non-hydrogen) atoms. The highest BCUT2D eigenvalue weighted by Crippen LogP contribution is 2.32. The van der Waals surface area contributed by atoms with Crippen LogP contribution in [-0.2, 0) is 4.74 Å². The van der Waals surface area contributed by atoms with Gasteiger partial charge < -0.3 is 10.1 Å². The summed E-state index contributed by atoms with van der Waals surface area (Å²) in [6, 6.07) is 7.98. The molecule has 0 aliphatic heterocycles. The normalized spacial score (nSPS) is 16.8. The van der Waals surface area contributed by atoms with E-state index in [0.717, 1.165) is 42.6 Å². The van der Waals surface area contributed by atoms with E-state index in [0.29, 0.717) is 0 Å². The Morgan fingerprint density at radius 2 is 2.17 bits per heavy atom. The Morgan fingerprint density at radius 3 is 2.83 bits per heavy atom. The van der Waals surface area contributed by atoms with E-state index in [4.69, 9.17) is 16.3 Å². The van der Waals surface area contributed by atoms with Gasteiger partial charge in [0.1, 0.15) is 0 Å². The summed E-state index contributed by atoms with van der Waals surface area (Å²) < 4.78 is 6.03. The maximum absolute atomic E-state index is 6.25. The SMILES string of the molecule is CCCNCC(OCC1CC1)c1ccccc1Cl. The zero-order chi connectivity index (χ0) is 12.8. The molecule has 2 rings (SSSR count). The van der Waals surface area contributed by atoms with Gasteiger partial charge in [0.15, 0.2) is 0 Å². The molecule has 1 aromatic carbocycles. The molecule has 1 fully saturated rings. The Bertz CT molecular complexity index is 365. The lowest BCUT2D eigenvalue weighted by Crippen LogP contribution is -2.24. The maximum Gasteiger partial charge on any atom is 0.0963 e. The lowest BCUT2D eigenvalue weighted by Gasteiger charge is -2.20. The second kappa shape index (κ2) is 7.13. The Hall–Kier alpha value is -0.570. The van der Waals surface area contributed by atoms with Gasteiger partial charge in [0.2, 0.25) is 0 Å². The fourth-order valence-electron chi connectivity index (χ4n) is 1.94. The molecule has 2 nitrogen and oxygen atoms in total. The van der Waals surface area contributed by atoms with E-state index in [1.54, 1.807) is 0 Å². The topological polar surface area (TPSA) is 21.3 Å². The van der Waals surface area contributed by atoms with Crippen molar-refractivity contribution in [2.75, 3.05) is 19.7 Å². The number of rotatable bonds is 8. The summed E-state index contributed by atoms with van der Waals surface area (Å²) in [6.07, 6.45) is 3.85. The largest absolute Gasteiger partial charge is 0.372 e. The molecule has 1 unspecified atom stereocenters. The highest BCUT2D eigenvalue weighted by atomic mass is 35.5. The van der Waals surface area contributed by atoms with Crippen LogP contribution in [0.3, 0.4) is 0 Å². The van der Waals surface area contributed by atoms with Crippen molar-refractivity contribution in [2.24, 2.45) is 5.92 Å². The van der Waals surface area contributed by atoms with E-state index >= 15 is 0 Å². The minimum absolute atomic E-state index is 0.0749. The average Bonchev–Trinajstić information content (AvgIpc) is 3.19. The van der Waals surface area contributed by atoms with E-state index in [1.807, 2.05) is 18.2 Å². The molecule has 0 amide bonds. The van der Waals surface area contributed by atoms with Crippen molar-refractivity contribution < 1.29 is 4.74 Å². The molecule has 1 aromatic rings. The molecule has 0 bridgehead atoms. The van der Waals surface area contributed by atoms with Crippen molar-refractivity contribution >= 4 is 11.6 Å². The van der Waals surface area contributed by atoms with Crippen LogP contribution in [0, 0.1) is 5.92 Å². The Kier molecular flexibility index (Phi) is 5.48. The third-order valence-corrected chi connectivity index (χ3v) is 3.58. The second-order valence-corrected chi connectivity index (χ2v) is 5.40. The van der Waals surface area contributed by atoms with E-state index in [-0.39, 0.29) is 6.10 Å². The third kappa shape index (κ3) is 4.27. The first kappa shape index (κ1) is 13.9. The number of hydrogen-bond donors (Lipinski definition) is 1. The average molecular weight is 268 g/mol. The smallest absolute Gasteiger partial charge is 0.0963 e.